The normalized spacial score (nSPS) is 44.7. The van der Waals surface area contributed by atoms with Crippen LogP contribution in [0.1, 0.15) is 39.0 Å². The molecule has 2 rings (SSSR count). The van der Waals surface area contributed by atoms with Crippen molar-refractivity contribution in [1.82, 2.24) is 0 Å². The standard InChI is InChI=1S/C10H18O/c1-8-6-10(8,7-11)9-4-2-3-5-9/h8-9,11H,2-7H2,1H3. The average molecular weight is 154 g/mol. The van der Waals surface area contributed by atoms with E-state index < -0.39 is 0 Å². The van der Waals surface area contributed by atoms with Gasteiger partial charge in [0.2, 0.25) is 0 Å². The van der Waals surface area contributed by atoms with Crippen molar-refractivity contribution in [1.29, 1.82) is 0 Å². The maximum absolute atomic E-state index is 9.29. The van der Waals surface area contributed by atoms with Crippen molar-refractivity contribution in [3.63, 3.8) is 0 Å². The Labute approximate surface area is 68.8 Å². The van der Waals surface area contributed by atoms with Gasteiger partial charge >= 0.3 is 0 Å². The second-order valence-corrected chi connectivity index (χ2v) is 4.48. The number of hydrogen-bond donors (Lipinski definition) is 1. The number of aliphatic hydroxyl groups is 1. The summed E-state index contributed by atoms with van der Waals surface area (Å²) in [4.78, 5) is 0. The molecular weight excluding hydrogens is 136 g/mol. The van der Waals surface area contributed by atoms with E-state index in [9.17, 15) is 5.11 Å². The Morgan fingerprint density at radius 2 is 1.91 bits per heavy atom. The summed E-state index contributed by atoms with van der Waals surface area (Å²) in [5.41, 5.74) is 0.385. The maximum Gasteiger partial charge on any atom is 0.0492 e. The highest BCUT2D eigenvalue weighted by Gasteiger charge is 2.55. The Bertz CT molecular complexity index is 145. The molecule has 64 valence electrons. The van der Waals surface area contributed by atoms with Crippen molar-refractivity contribution in [2.75, 3.05) is 6.61 Å². The summed E-state index contributed by atoms with van der Waals surface area (Å²) in [6.45, 7) is 2.73. The van der Waals surface area contributed by atoms with Crippen LogP contribution in [0.5, 0.6) is 0 Å². The third-order valence-corrected chi connectivity index (χ3v) is 3.97. The molecule has 0 spiro atoms. The Hall–Kier alpha value is -0.0400. The van der Waals surface area contributed by atoms with Gasteiger partial charge in [-0.2, -0.15) is 0 Å². The van der Waals surface area contributed by atoms with E-state index in [-0.39, 0.29) is 0 Å². The highest BCUT2D eigenvalue weighted by atomic mass is 16.3. The summed E-state index contributed by atoms with van der Waals surface area (Å²) in [6.07, 6.45) is 6.85. The topological polar surface area (TPSA) is 20.2 Å². The molecule has 0 saturated heterocycles. The fourth-order valence-electron chi connectivity index (χ4n) is 2.93. The summed E-state index contributed by atoms with van der Waals surface area (Å²) >= 11 is 0. The highest BCUT2D eigenvalue weighted by molar-refractivity contribution is 5.04. The SMILES string of the molecule is CC1CC1(CO)C1CCCC1. The zero-order chi connectivity index (χ0) is 7.90. The summed E-state index contributed by atoms with van der Waals surface area (Å²) in [7, 11) is 0. The fraction of sp³-hybridized carbons (Fsp3) is 1.00. The Kier molecular flexibility index (Phi) is 1.71. The molecule has 1 nitrogen and oxygen atoms in total. The summed E-state index contributed by atoms with van der Waals surface area (Å²) in [5.74, 6) is 1.66. The Balaban J connectivity index is 2.01. The number of aliphatic hydroxyl groups excluding tert-OH is 1. The van der Waals surface area contributed by atoms with Crippen LogP contribution in [-0.4, -0.2) is 11.7 Å². The van der Waals surface area contributed by atoms with Crippen LogP contribution in [0.15, 0.2) is 0 Å². The van der Waals surface area contributed by atoms with Gasteiger partial charge in [0.15, 0.2) is 0 Å². The van der Waals surface area contributed by atoms with Gasteiger partial charge in [0, 0.05) is 6.61 Å². The third kappa shape index (κ3) is 1.01. The van der Waals surface area contributed by atoms with Gasteiger partial charge in [0.25, 0.3) is 0 Å². The molecule has 11 heavy (non-hydrogen) atoms. The molecule has 0 bridgehead atoms. The van der Waals surface area contributed by atoms with Crippen LogP contribution in [0, 0.1) is 17.3 Å². The van der Waals surface area contributed by atoms with Gasteiger partial charge in [-0.1, -0.05) is 19.8 Å². The van der Waals surface area contributed by atoms with Crippen LogP contribution in [0.4, 0.5) is 0 Å². The Morgan fingerprint density at radius 3 is 2.27 bits per heavy atom. The summed E-state index contributed by atoms with van der Waals surface area (Å²) in [6, 6.07) is 0. The van der Waals surface area contributed by atoms with E-state index in [0.29, 0.717) is 12.0 Å². The molecule has 0 amide bonds. The zero-order valence-corrected chi connectivity index (χ0v) is 7.34. The summed E-state index contributed by atoms with van der Waals surface area (Å²) in [5, 5.41) is 9.29. The molecule has 0 aromatic heterocycles. The molecule has 0 aromatic carbocycles. The molecule has 2 saturated carbocycles. The van der Waals surface area contributed by atoms with Gasteiger partial charge in [0.1, 0.15) is 0 Å². The smallest absolute Gasteiger partial charge is 0.0492 e. The lowest BCUT2D eigenvalue weighted by Crippen LogP contribution is -2.19. The van der Waals surface area contributed by atoms with Crippen molar-refractivity contribution < 1.29 is 5.11 Å². The number of rotatable bonds is 2. The predicted octanol–water partition coefficient (Wildman–Crippen LogP) is 2.20. The van der Waals surface area contributed by atoms with E-state index in [0.717, 1.165) is 11.8 Å². The second-order valence-electron chi connectivity index (χ2n) is 4.48. The van der Waals surface area contributed by atoms with Gasteiger partial charge in [-0.3, -0.25) is 0 Å². The third-order valence-electron chi connectivity index (χ3n) is 3.97. The van der Waals surface area contributed by atoms with E-state index in [4.69, 9.17) is 0 Å². The van der Waals surface area contributed by atoms with E-state index in [1.165, 1.54) is 32.1 Å². The van der Waals surface area contributed by atoms with Gasteiger partial charge < -0.3 is 5.11 Å². The molecular formula is C10H18O. The van der Waals surface area contributed by atoms with E-state index in [2.05, 4.69) is 6.92 Å². The van der Waals surface area contributed by atoms with Crippen LogP contribution in [0.2, 0.25) is 0 Å². The first-order chi connectivity index (χ1) is 5.29. The lowest BCUT2D eigenvalue weighted by atomic mass is 9.86. The van der Waals surface area contributed by atoms with Crippen molar-refractivity contribution in [3.05, 3.63) is 0 Å². The average Bonchev–Trinajstić information content (AvgIpc) is 2.55. The molecule has 2 aliphatic carbocycles. The molecule has 0 heterocycles. The monoisotopic (exact) mass is 154 g/mol. The van der Waals surface area contributed by atoms with Gasteiger partial charge in [-0.05, 0) is 36.5 Å². The van der Waals surface area contributed by atoms with Crippen molar-refractivity contribution in [2.24, 2.45) is 17.3 Å². The minimum absolute atomic E-state index is 0.385. The molecule has 2 fully saturated rings. The van der Waals surface area contributed by atoms with Crippen molar-refractivity contribution >= 4 is 0 Å². The highest BCUT2D eigenvalue weighted by Crippen LogP contribution is 2.61. The second kappa shape index (κ2) is 2.48. The van der Waals surface area contributed by atoms with Crippen molar-refractivity contribution in [3.8, 4) is 0 Å². The van der Waals surface area contributed by atoms with Gasteiger partial charge in [0.05, 0.1) is 0 Å². The maximum atomic E-state index is 9.29. The van der Waals surface area contributed by atoms with Crippen molar-refractivity contribution in [2.45, 2.75) is 39.0 Å². The molecule has 1 N–H and O–H groups in total. The molecule has 1 heteroatoms. The molecule has 0 aromatic rings. The largest absolute Gasteiger partial charge is 0.396 e. The molecule has 0 radical (unpaired) electrons. The number of hydrogen-bond acceptors (Lipinski definition) is 1. The van der Waals surface area contributed by atoms with E-state index >= 15 is 0 Å². The zero-order valence-electron chi connectivity index (χ0n) is 7.34. The first-order valence-corrected chi connectivity index (χ1v) is 4.90. The molecule has 0 aliphatic heterocycles. The molecule has 2 atom stereocenters. The first kappa shape index (κ1) is 7.60. The van der Waals surface area contributed by atoms with Crippen LogP contribution in [-0.2, 0) is 0 Å². The lowest BCUT2D eigenvalue weighted by Gasteiger charge is -2.20. The lowest BCUT2D eigenvalue weighted by molar-refractivity contribution is 0.144. The minimum Gasteiger partial charge on any atom is -0.396 e. The van der Waals surface area contributed by atoms with Gasteiger partial charge in [-0.15, -0.1) is 0 Å². The van der Waals surface area contributed by atoms with Crippen LogP contribution in [0.25, 0.3) is 0 Å². The minimum atomic E-state index is 0.385. The van der Waals surface area contributed by atoms with Crippen LogP contribution >= 0.6 is 0 Å². The van der Waals surface area contributed by atoms with E-state index in [1.54, 1.807) is 0 Å². The van der Waals surface area contributed by atoms with Gasteiger partial charge in [-0.25, -0.2) is 0 Å². The quantitative estimate of drug-likeness (QED) is 0.646. The Morgan fingerprint density at radius 1 is 1.36 bits per heavy atom. The summed E-state index contributed by atoms with van der Waals surface area (Å²) < 4.78 is 0. The van der Waals surface area contributed by atoms with Crippen LogP contribution in [0.3, 0.4) is 0 Å². The first-order valence-electron chi connectivity index (χ1n) is 4.90. The molecule has 2 aliphatic rings. The predicted molar refractivity (Wildman–Crippen MR) is 45.3 cm³/mol. The fourth-order valence-corrected chi connectivity index (χ4v) is 2.93. The molecule has 2 unspecified atom stereocenters. The van der Waals surface area contributed by atoms with Crippen LogP contribution < -0.4 is 0 Å². The van der Waals surface area contributed by atoms with E-state index in [1.807, 2.05) is 0 Å².